The normalized spacial score (nSPS) is 10.4. The number of likely N-dealkylation sites (N-methyl/N-ethyl adjacent to an activating group) is 1. The van der Waals surface area contributed by atoms with E-state index >= 15 is 0 Å². The van der Waals surface area contributed by atoms with Crippen molar-refractivity contribution in [2.45, 2.75) is 6.42 Å². The molecule has 3 heteroatoms. The molecule has 0 aliphatic rings. The Hall–Kier alpha value is -1.35. The van der Waals surface area contributed by atoms with Crippen LogP contribution in [0.4, 0.5) is 5.69 Å². The maximum Gasteiger partial charge on any atom is 0.0501 e. The largest absolute Gasteiger partial charge is 0.397 e. The van der Waals surface area contributed by atoms with Gasteiger partial charge in [-0.3, -0.25) is 4.98 Å². The van der Waals surface area contributed by atoms with Crippen LogP contribution >= 0.6 is 0 Å². The first-order valence-corrected chi connectivity index (χ1v) is 4.72. The van der Waals surface area contributed by atoms with Gasteiger partial charge in [0, 0.05) is 25.2 Å². The van der Waals surface area contributed by atoms with Crippen LogP contribution in [-0.4, -0.2) is 30.0 Å². The van der Waals surface area contributed by atoms with E-state index < -0.39 is 0 Å². The van der Waals surface area contributed by atoms with Crippen molar-refractivity contribution >= 4 is 5.69 Å². The molecule has 3 nitrogen and oxygen atoms in total. The van der Waals surface area contributed by atoms with Crippen LogP contribution < -0.4 is 5.73 Å². The highest BCUT2D eigenvalue weighted by Crippen LogP contribution is 2.02. The highest BCUT2D eigenvalue weighted by Gasteiger charge is 1.98. The highest BCUT2D eigenvalue weighted by molar-refractivity contribution is 5.34. The monoisotopic (exact) mass is 191 g/mol. The number of nitrogen functional groups attached to an aromatic ring is 1. The molecule has 0 radical (unpaired) electrons. The molecular weight excluding hydrogens is 174 g/mol. The van der Waals surface area contributed by atoms with Gasteiger partial charge < -0.3 is 10.6 Å². The Morgan fingerprint density at radius 1 is 1.57 bits per heavy atom. The van der Waals surface area contributed by atoms with Crippen molar-refractivity contribution in [1.82, 2.24) is 9.88 Å². The van der Waals surface area contributed by atoms with Crippen LogP contribution in [0.15, 0.2) is 31.0 Å². The van der Waals surface area contributed by atoms with Gasteiger partial charge in [-0.15, -0.1) is 6.58 Å². The average molecular weight is 191 g/mol. The van der Waals surface area contributed by atoms with Crippen LogP contribution in [0.25, 0.3) is 0 Å². The lowest BCUT2D eigenvalue weighted by Gasteiger charge is -2.13. The average Bonchev–Trinajstić information content (AvgIpc) is 2.17. The summed E-state index contributed by atoms with van der Waals surface area (Å²) in [5.41, 5.74) is 7.34. The molecule has 0 saturated heterocycles. The van der Waals surface area contributed by atoms with Gasteiger partial charge in [-0.1, -0.05) is 6.08 Å². The van der Waals surface area contributed by atoms with Crippen LogP contribution in [0, 0.1) is 0 Å². The maximum absolute atomic E-state index is 5.54. The summed E-state index contributed by atoms with van der Waals surface area (Å²) in [6.45, 7) is 5.59. The lowest BCUT2D eigenvalue weighted by Crippen LogP contribution is -2.21. The van der Waals surface area contributed by atoms with Gasteiger partial charge in [0.05, 0.1) is 11.9 Å². The molecule has 2 N–H and O–H groups in total. The molecule has 1 aromatic rings. The summed E-state index contributed by atoms with van der Waals surface area (Å²) in [6.07, 6.45) is 4.55. The first kappa shape index (κ1) is 10.7. The number of aromatic nitrogens is 1. The fourth-order valence-electron chi connectivity index (χ4n) is 1.20. The molecule has 0 amide bonds. The number of anilines is 1. The van der Waals surface area contributed by atoms with Gasteiger partial charge in [-0.2, -0.15) is 0 Å². The Balaban J connectivity index is 2.37. The molecule has 0 saturated carbocycles. The minimum Gasteiger partial charge on any atom is -0.397 e. The zero-order valence-electron chi connectivity index (χ0n) is 8.61. The summed E-state index contributed by atoms with van der Waals surface area (Å²) in [5, 5.41) is 0. The molecule has 0 aliphatic heterocycles. The third-order valence-electron chi connectivity index (χ3n) is 2.04. The minimum absolute atomic E-state index is 0.716. The molecule has 0 bridgehead atoms. The van der Waals surface area contributed by atoms with E-state index in [0.717, 1.165) is 25.2 Å². The number of rotatable bonds is 5. The molecule has 0 spiro atoms. The van der Waals surface area contributed by atoms with Crippen molar-refractivity contribution in [2.75, 3.05) is 25.9 Å². The van der Waals surface area contributed by atoms with Crippen LogP contribution in [-0.2, 0) is 6.42 Å². The van der Waals surface area contributed by atoms with Crippen LogP contribution in [0.1, 0.15) is 5.69 Å². The van der Waals surface area contributed by atoms with Gasteiger partial charge >= 0.3 is 0 Å². The highest BCUT2D eigenvalue weighted by atomic mass is 15.1. The minimum atomic E-state index is 0.716. The van der Waals surface area contributed by atoms with E-state index in [4.69, 9.17) is 5.73 Å². The number of nitrogens with zero attached hydrogens (tertiary/aromatic N) is 2. The Morgan fingerprint density at radius 2 is 2.36 bits per heavy atom. The molecule has 0 aromatic carbocycles. The van der Waals surface area contributed by atoms with Crippen LogP contribution in [0.5, 0.6) is 0 Å². The third-order valence-corrected chi connectivity index (χ3v) is 2.04. The number of pyridine rings is 1. The zero-order chi connectivity index (χ0) is 10.4. The van der Waals surface area contributed by atoms with Crippen molar-refractivity contribution in [1.29, 1.82) is 0 Å². The van der Waals surface area contributed by atoms with E-state index in [9.17, 15) is 0 Å². The number of hydrogen-bond donors (Lipinski definition) is 1. The molecule has 76 valence electrons. The van der Waals surface area contributed by atoms with Gasteiger partial charge in [0.1, 0.15) is 0 Å². The predicted molar refractivity (Wildman–Crippen MR) is 60.0 cm³/mol. The molecule has 0 atom stereocenters. The second kappa shape index (κ2) is 5.40. The molecule has 1 aromatic heterocycles. The van der Waals surface area contributed by atoms with E-state index in [-0.39, 0.29) is 0 Å². The van der Waals surface area contributed by atoms with E-state index in [0.29, 0.717) is 5.69 Å². The molecule has 1 rings (SSSR count). The van der Waals surface area contributed by atoms with Crippen LogP contribution in [0.3, 0.4) is 0 Å². The van der Waals surface area contributed by atoms with E-state index in [2.05, 4.69) is 23.5 Å². The second-order valence-electron chi connectivity index (χ2n) is 3.38. The van der Waals surface area contributed by atoms with E-state index in [1.54, 1.807) is 6.20 Å². The topological polar surface area (TPSA) is 42.1 Å². The first-order chi connectivity index (χ1) is 6.72. The number of hydrogen-bond acceptors (Lipinski definition) is 3. The quantitative estimate of drug-likeness (QED) is 0.714. The fourth-order valence-corrected chi connectivity index (χ4v) is 1.20. The smallest absolute Gasteiger partial charge is 0.0501 e. The Bertz CT molecular complexity index is 279. The molecule has 0 unspecified atom stereocenters. The zero-order valence-corrected chi connectivity index (χ0v) is 8.61. The van der Waals surface area contributed by atoms with E-state index in [1.807, 2.05) is 18.2 Å². The van der Waals surface area contributed by atoms with Crippen molar-refractivity contribution in [2.24, 2.45) is 0 Å². The van der Waals surface area contributed by atoms with Crippen molar-refractivity contribution in [3.8, 4) is 0 Å². The SMILES string of the molecule is C=CCN(C)CCc1ccc(N)cn1. The van der Waals surface area contributed by atoms with Gasteiger partial charge in [0.25, 0.3) is 0 Å². The molecular formula is C11H17N3. The third kappa shape index (κ3) is 3.58. The van der Waals surface area contributed by atoms with E-state index in [1.165, 1.54) is 0 Å². The lowest BCUT2D eigenvalue weighted by atomic mass is 10.2. The van der Waals surface area contributed by atoms with Crippen molar-refractivity contribution < 1.29 is 0 Å². The summed E-state index contributed by atoms with van der Waals surface area (Å²) in [7, 11) is 2.07. The summed E-state index contributed by atoms with van der Waals surface area (Å²) < 4.78 is 0. The fraction of sp³-hybridized carbons (Fsp3) is 0.364. The standard InChI is InChI=1S/C11H17N3/c1-3-7-14(2)8-6-11-5-4-10(12)9-13-11/h3-5,9H,1,6-8,12H2,2H3. The summed E-state index contributed by atoms with van der Waals surface area (Å²) in [4.78, 5) is 6.43. The predicted octanol–water partition coefficient (Wildman–Crippen LogP) is 1.32. The Labute approximate surface area is 85.3 Å². The molecule has 0 fully saturated rings. The van der Waals surface area contributed by atoms with Gasteiger partial charge in [0.15, 0.2) is 0 Å². The van der Waals surface area contributed by atoms with Crippen molar-refractivity contribution in [3.05, 3.63) is 36.7 Å². The Morgan fingerprint density at radius 3 is 2.93 bits per heavy atom. The van der Waals surface area contributed by atoms with Gasteiger partial charge in [0.2, 0.25) is 0 Å². The molecule has 14 heavy (non-hydrogen) atoms. The summed E-state index contributed by atoms with van der Waals surface area (Å²) in [6, 6.07) is 3.85. The van der Waals surface area contributed by atoms with Gasteiger partial charge in [-0.25, -0.2) is 0 Å². The summed E-state index contributed by atoms with van der Waals surface area (Å²) in [5.74, 6) is 0. The lowest BCUT2D eigenvalue weighted by molar-refractivity contribution is 0.374. The summed E-state index contributed by atoms with van der Waals surface area (Å²) >= 11 is 0. The second-order valence-corrected chi connectivity index (χ2v) is 3.38. The number of nitrogens with two attached hydrogens (primary N) is 1. The van der Waals surface area contributed by atoms with Crippen LogP contribution in [0.2, 0.25) is 0 Å². The first-order valence-electron chi connectivity index (χ1n) is 4.72. The maximum atomic E-state index is 5.54. The van der Waals surface area contributed by atoms with Crippen molar-refractivity contribution in [3.63, 3.8) is 0 Å². The Kier molecular flexibility index (Phi) is 4.13. The molecule has 1 heterocycles. The van der Waals surface area contributed by atoms with Gasteiger partial charge in [-0.05, 0) is 19.2 Å². The molecule has 0 aliphatic carbocycles.